The van der Waals surface area contributed by atoms with E-state index in [1.807, 2.05) is 25.2 Å². The van der Waals surface area contributed by atoms with E-state index in [-0.39, 0.29) is 28.3 Å². The maximum Gasteiger partial charge on any atom is 0.162 e. The van der Waals surface area contributed by atoms with E-state index in [1.165, 1.54) is 0 Å². The molecule has 170 valence electrons. The fraction of sp³-hybridized carbons (Fsp3) is 0.481. The number of nitrogens with zero attached hydrogens (tertiary/aromatic N) is 1. The van der Waals surface area contributed by atoms with Gasteiger partial charge >= 0.3 is 0 Å². The topological polar surface area (TPSA) is 46.6 Å². The summed E-state index contributed by atoms with van der Waals surface area (Å²) in [5.41, 5.74) is 4.26. The molecule has 0 atom stereocenters. The summed E-state index contributed by atoms with van der Waals surface area (Å²) in [6.07, 6.45) is 4.24. The van der Waals surface area contributed by atoms with Crippen LogP contribution in [0.5, 0.6) is 5.75 Å². The molecule has 5 heteroatoms. The number of carbonyl (C=O) groups excluding carboxylic acids is 2. The number of carbonyl (C=O) groups is 2. The van der Waals surface area contributed by atoms with Gasteiger partial charge in [0.05, 0.1) is 5.02 Å². The molecule has 0 N–H and O–H groups in total. The molecule has 1 aromatic rings. The minimum atomic E-state index is -0.380. The number of benzene rings is 1. The van der Waals surface area contributed by atoms with Crippen LogP contribution in [0, 0.1) is 10.8 Å². The number of halogens is 1. The van der Waals surface area contributed by atoms with E-state index in [9.17, 15) is 9.59 Å². The Bertz CT molecular complexity index is 1020. The van der Waals surface area contributed by atoms with Gasteiger partial charge in [-0.05, 0) is 41.4 Å². The lowest BCUT2D eigenvalue weighted by molar-refractivity contribution is -0.119. The summed E-state index contributed by atoms with van der Waals surface area (Å²) in [5, 5.41) is 0.472. The zero-order chi connectivity index (χ0) is 23.4. The van der Waals surface area contributed by atoms with E-state index in [2.05, 4.69) is 39.2 Å². The van der Waals surface area contributed by atoms with Crippen molar-refractivity contribution in [3.8, 4) is 5.75 Å². The molecule has 3 aliphatic rings. The minimum Gasteiger partial charge on any atom is -0.488 e. The van der Waals surface area contributed by atoms with Gasteiger partial charge < -0.3 is 9.64 Å². The number of hydrogen-bond acceptors (Lipinski definition) is 4. The summed E-state index contributed by atoms with van der Waals surface area (Å²) in [4.78, 5) is 29.1. The van der Waals surface area contributed by atoms with Crippen LogP contribution >= 0.6 is 11.6 Å². The Hall–Kier alpha value is -2.33. The van der Waals surface area contributed by atoms with Gasteiger partial charge in [0.25, 0.3) is 0 Å². The summed E-state index contributed by atoms with van der Waals surface area (Å²) < 4.78 is 5.64. The van der Waals surface area contributed by atoms with Gasteiger partial charge in [-0.15, -0.1) is 0 Å². The Labute approximate surface area is 196 Å². The maximum absolute atomic E-state index is 13.5. The lowest BCUT2D eigenvalue weighted by Gasteiger charge is -2.47. The van der Waals surface area contributed by atoms with Crippen molar-refractivity contribution in [2.24, 2.45) is 10.8 Å². The normalized spacial score (nSPS) is 22.6. The van der Waals surface area contributed by atoms with Crippen molar-refractivity contribution in [3.63, 3.8) is 0 Å². The summed E-state index contributed by atoms with van der Waals surface area (Å²) in [5.74, 6) is 0.439. The van der Waals surface area contributed by atoms with Crippen LogP contribution in [0.3, 0.4) is 0 Å². The Kier molecular flexibility index (Phi) is 5.65. The predicted molar refractivity (Wildman–Crippen MR) is 128 cm³/mol. The van der Waals surface area contributed by atoms with Crippen LogP contribution in [-0.2, 0) is 9.59 Å². The fourth-order valence-corrected chi connectivity index (χ4v) is 5.70. The molecule has 1 heterocycles. The van der Waals surface area contributed by atoms with Crippen molar-refractivity contribution in [1.82, 2.24) is 4.90 Å². The quantitative estimate of drug-likeness (QED) is 0.507. The first-order valence-corrected chi connectivity index (χ1v) is 11.6. The van der Waals surface area contributed by atoms with E-state index >= 15 is 0 Å². The van der Waals surface area contributed by atoms with Gasteiger partial charge in [-0.1, -0.05) is 58.0 Å². The van der Waals surface area contributed by atoms with Gasteiger partial charge in [0.1, 0.15) is 12.4 Å². The van der Waals surface area contributed by atoms with Crippen molar-refractivity contribution < 1.29 is 14.3 Å². The summed E-state index contributed by atoms with van der Waals surface area (Å²) in [6.45, 7) is 12.6. The maximum atomic E-state index is 13.5. The number of allylic oxidation sites excluding steroid dienone is 4. The highest BCUT2D eigenvalue weighted by molar-refractivity contribution is 6.32. The second kappa shape index (κ2) is 7.91. The zero-order valence-electron chi connectivity index (χ0n) is 19.7. The molecule has 4 nitrogen and oxygen atoms in total. The molecule has 0 radical (unpaired) electrons. The summed E-state index contributed by atoms with van der Waals surface area (Å²) in [7, 11) is 2.02. The number of ether oxygens (including phenoxy) is 1. The van der Waals surface area contributed by atoms with E-state index in [1.54, 1.807) is 6.08 Å². The fourth-order valence-electron chi connectivity index (χ4n) is 5.46. The Morgan fingerprint density at radius 2 is 1.56 bits per heavy atom. The monoisotopic (exact) mass is 453 g/mol. The molecule has 0 fully saturated rings. The van der Waals surface area contributed by atoms with Gasteiger partial charge in [-0.3, -0.25) is 9.59 Å². The molecule has 2 aliphatic carbocycles. The molecule has 32 heavy (non-hydrogen) atoms. The van der Waals surface area contributed by atoms with Crippen molar-refractivity contribution in [2.45, 2.75) is 59.3 Å². The third-order valence-electron chi connectivity index (χ3n) is 6.83. The average molecular weight is 454 g/mol. The first-order valence-electron chi connectivity index (χ1n) is 11.2. The van der Waals surface area contributed by atoms with Gasteiger partial charge in [0, 0.05) is 48.3 Å². The molecule has 0 bridgehead atoms. The van der Waals surface area contributed by atoms with Gasteiger partial charge in [0.2, 0.25) is 0 Å². The Morgan fingerprint density at radius 1 is 1.03 bits per heavy atom. The molecule has 1 aliphatic heterocycles. The van der Waals surface area contributed by atoms with Crippen LogP contribution in [-0.4, -0.2) is 30.1 Å². The van der Waals surface area contributed by atoms with E-state index in [0.717, 1.165) is 40.9 Å². The first-order chi connectivity index (χ1) is 14.9. The van der Waals surface area contributed by atoms with Gasteiger partial charge in [-0.25, -0.2) is 0 Å². The van der Waals surface area contributed by atoms with Crippen LogP contribution < -0.4 is 4.74 Å². The number of ketones is 2. The zero-order valence-corrected chi connectivity index (χ0v) is 20.4. The predicted octanol–water partition coefficient (Wildman–Crippen LogP) is 6.22. The molecular weight excluding hydrogens is 422 g/mol. The van der Waals surface area contributed by atoms with E-state index < -0.39 is 0 Å². The Balaban J connectivity index is 1.90. The van der Waals surface area contributed by atoms with Gasteiger partial charge in [0.15, 0.2) is 11.6 Å². The molecule has 0 unspecified atom stereocenters. The highest BCUT2D eigenvalue weighted by Gasteiger charge is 2.48. The molecular formula is C27H32ClNO3. The first kappa shape index (κ1) is 22.8. The second-order valence-electron chi connectivity index (χ2n) is 10.9. The summed E-state index contributed by atoms with van der Waals surface area (Å²) >= 11 is 6.56. The third kappa shape index (κ3) is 3.94. The highest BCUT2D eigenvalue weighted by Crippen LogP contribution is 2.54. The van der Waals surface area contributed by atoms with Crippen molar-refractivity contribution in [2.75, 3.05) is 13.7 Å². The molecule has 0 saturated carbocycles. The minimum absolute atomic E-state index is 0.110. The molecule has 1 aromatic carbocycles. The Morgan fingerprint density at radius 3 is 2.03 bits per heavy atom. The van der Waals surface area contributed by atoms with Crippen LogP contribution in [0.4, 0.5) is 0 Å². The van der Waals surface area contributed by atoms with Crippen LogP contribution in [0.2, 0.25) is 5.02 Å². The number of rotatable bonds is 4. The second-order valence-corrected chi connectivity index (χ2v) is 11.3. The van der Waals surface area contributed by atoms with Crippen LogP contribution in [0.15, 0.2) is 53.4 Å². The van der Waals surface area contributed by atoms with Crippen molar-refractivity contribution >= 4 is 23.2 Å². The lowest BCUT2D eigenvalue weighted by atomic mass is 9.64. The largest absolute Gasteiger partial charge is 0.488 e. The molecule has 4 rings (SSSR count). The highest BCUT2D eigenvalue weighted by atomic mass is 35.5. The standard InChI is InChI=1S/C27H32ClNO3/c1-7-10-32-22-9-8-16(11-17(22)28)23-24-18(12-26(2,3)14-20(24)30)29(6)19-13-27(4,5)15-21(31)25(19)23/h7-9,11,23H,1,10,12-15H2,2-6H3. The average Bonchev–Trinajstić information content (AvgIpc) is 2.67. The van der Waals surface area contributed by atoms with Gasteiger partial charge in [-0.2, -0.15) is 0 Å². The smallest absolute Gasteiger partial charge is 0.162 e. The van der Waals surface area contributed by atoms with Crippen molar-refractivity contribution in [3.05, 3.63) is 64.0 Å². The third-order valence-corrected chi connectivity index (χ3v) is 7.12. The molecule has 0 saturated heterocycles. The van der Waals surface area contributed by atoms with Crippen LogP contribution in [0.1, 0.15) is 64.9 Å². The molecule has 0 amide bonds. The molecule has 0 aromatic heterocycles. The van der Waals surface area contributed by atoms with E-state index in [4.69, 9.17) is 16.3 Å². The van der Waals surface area contributed by atoms with Crippen molar-refractivity contribution in [1.29, 1.82) is 0 Å². The lowest BCUT2D eigenvalue weighted by Crippen LogP contribution is -2.43. The number of hydrogen-bond donors (Lipinski definition) is 0. The number of Topliss-reactive ketones (excluding diaryl/α,β-unsaturated/α-hetero) is 2. The SMILES string of the molecule is C=CCOc1ccc(C2C3=C(CC(C)(C)CC3=O)N(C)C3=C2C(=O)CC(C)(C)C3)cc1Cl. The summed E-state index contributed by atoms with van der Waals surface area (Å²) in [6, 6.07) is 5.62. The molecule has 0 spiro atoms. The van der Waals surface area contributed by atoms with E-state index in [0.29, 0.717) is 30.2 Å². The van der Waals surface area contributed by atoms with Crippen LogP contribution in [0.25, 0.3) is 0 Å².